The lowest BCUT2D eigenvalue weighted by Crippen LogP contribution is -2.21. The van der Waals surface area contributed by atoms with Gasteiger partial charge in [0.05, 0.1) is 0 Å². The molecule has 1 saturated carbocycles. The van der Waals surface area contributed by atoms with Gasteiger partial charge in [0.15, 0.2) is 0 Å². The highest BCUT2D eigenvalue weighted by Crippen LogP contribution is 2.23. The van der Waals surface area contributed by atoms with E-state index in [-0.39, 0.29) is 0 Å². The van der Waals surface area contributed by atoms with Crippen molar-refractivity contribution in [1.29, 1.82) is 0 Å². The molecule has 3 heteroatoms. The molecule has 0 spiro atoms. The molecule has 1 nitrogen and oxygen atoms in total. The smallest absolute Gasteiger partial charge is 0.0300 e. The van der Waals surface area contributed by atoms with Crippen molar-refractivity contribution < 1.29 is 0 Å². The first-order valence-electron chi connectivity index (χ1n) is 6.28. The number of halogens is 1. The van der Waals surface area contributed by atoms with Gasteiger partial charge in [-0.15, -0.1) is 11.3 Å². The highest BCUT2D eigenvalue weighted by molar-refractivity contribution is 9.10. The van der Waals surface area contributed by atoms with Crippen molar-refractivity contribution in [3.8, 4) is 0 Å². The van der Waals surface area contributed by atoms with Crippen molar-refractivity contribution in [1.82, 2.24) is 5.32 Å². The van der Waals surface area contributed by atoms with Crippen molar-refractivity contribution in [2.24, 2.45) is 5.92 Å². The van der Waals surface area contributed by atoms with Crippen LogP contribution in [0.15, 0.2) is 15.9 Å². The van der Waals surface area contributed by atoms with Crippen LogP contribution in [0.5, 0.6) is 0 Å². The summed E-state index contributed by atoms with van der Waals surface area (Å²) in [6.45, 7) is 2.24. The third-order valence-electron chi connectivity index (χ3n) is 3.33. The minimum Gasteiger partial charge on any atom is -0.312 e. The maximum absolute atomic E-state index is 3.60. The number of rotatable bonds is 4. The van der Waals surface area contributed by atoms with Crippen LogP contribution in [0.4, 0.5) is 0 Å². The average molecular weight is 302 g/mol. The molecule has 1 aliphatic rings. The van der Waals surface area contributed by atoms with Crippen LogP contribution in [-0.2, 0) is 6.54 Å². The lowest BCUT2D eigenvalue weighted by molar-refractivity contribution is 0.426. The maximum atomic E-state index is 3.60. The second-order valence-corrected chi connectivity index (χ2v) is 6.63. The van der Waals surface area contributed by atoms with Gasteiger partial charge in [0.1, 0.15) is 0 Å². The molecule has 1 aliphatic carbocycles. The third kappa shape index (κ3) is 4.19. The van der Waals surface area contributed by atoms with Gasteiger partial charge < -0.3 is 5.32 Å². The Balaban J connectivity index is 1.67. The molecular weight excluding hydrogens is 282 g/mol. The summed E-state index contributed by atoms with van der Waals surface area (Å²) in [7, 11) is 0. The third-order valence-corrected chi connectivity index (χ3v) is 5.03. The van der Waals surface area contributed by atoms with Crippen molar-refractivity contribution >= 4 is 27.3 Å². The van der Waals surface area contributed by atoms with Crippen LogP contribution in [0.3, 0.4) is 0 Å². The Morgan fingerprint density at radius 3 is 2.62 bits per heavy atom. The van der Waals surface area contributed by atoms with Gasteiger partial charge in [-0.25, -0.2) is 0 Å². The zero-order valence-corrected chi connectivity index (χ0v) is 12.1. The molecule has 0 radical (unpaired) electrons. The molecule has 2 rings (SSSR count). The predicted octanol–water partition coefficient (Wildman–Crippen LogP) is 4.57. The van der Waals surface area contributed by atoms with Gasteiger partial charge in [-0.2, -0.15) is 0 Å². The lowest BCUT2D eigenvalue weighted by Gasteiger charge is -2.14. The summed E-state index contributed by atoms with van der Waals surface area (Å²) in [6, 6.07) is 2.21. The van der Waals surface area contributed by atoms with Crippen LogP contribution < -0.4 is 5.32 Å². The van der Waals surface area contributed by atoms with Crippen molar-refractivity contribution in [3.05, 3.63) is 20.8 Å². The SMILES string of the molecule is Brc1csc(CNCC2CCCCCC2)c1. The normalized spacial score (nSPS) is 18.6. The molecule has 0 saturated heterocycles. The molecule has 1 fully saturated rings. The number of thiophene rings is 1. The Bertz CT molecular complexity index is 303. The van der Waals surface area contributed by atoms with E-state index in [0.717, 1.165) is 12.5 Å². The van der Waals surface area contributed by atoms with Crippen LogP contribution in [-0.4, -0.2) is 6.54 Å². The summed E-state index contributed by atoms with van der Waals surface area (Å²) >= 11 is 5.32. The summed E-state index contributed by atoms with van der Waals surface area (Å²) in [5.41, 5.74) is 0. The summed E-state index contributed by atoms with van der Waals surface area (Å²) in [4.78, 5) is 1.43. The Labute approximate surface area is 111 Å². The number of hydrogen-bond acceptors (Lipinski definition) is 2. The van der Waals surface area contributed by atoms with Crippen LogP contribution in [0.25, 0.3) is 0 Å². The molecule has 0 bridgehead atoms. The number of hydrogen-bond donors (Lipinski definition) is 1. The first-order chi connectivity index (χ1) is 7.84. The van der Waals surface area contributed by atoms with Gasteiger partial charge >= 0.3 is 0 Å². The molecule has 16 heavy (non-hydrogen) atoms. The van der Waals surface area contributed by atoms with E-state index in [0.29, 0.717) is 0 Å². The first-order valence-corrected chi connectivity index (χ1v) is 7.95. The molecular formula is C13H20BrNS. The summed E-state index contributed by atoms with van der Waals surface area (Å²) in [5, 5.41) is 5.76. The monoisotopic (exact) mass is 301 g/mol. The highest BCUT2D eigenvalue weighted by atomic mass is 79.9. The Hall–Kier alpha value is 0.140. The van der Waals surface area contributed by atoms with Gasteiger partial charge in [-0.3, -0.25) is 0 Å². The summed E-state index contributed by atoms with van der Waals surface area (Å²) in [6.07, 6.45) is 8.65. The van der Waals surface area contributed by atoms with Crippen LogP contribution in [0.1, 0.15) is 43.4 Å². The van der Waals surface area contributed by atoms with E-state index < -0.39 is 0 Å². The molecule has 1 N–H and O–H groups in total. The van der Waals surface area contributed by atoms with Crippen LogP contribution >= 0.6 is 27.3 Å². The molecule has 0 unspecified atom stereocenters. The molecule has 0 amide bonds. The lowest BCUT2D eigenvalue weighted by atomic mass is 10.0. The van der Waals surface area contributed by atoms with Crippen molar-refractivity contribution in [2.45, 2.75) is 45.1 Å². The van der Waals surface area contributed by atoms with E-state index in [9.17, 15) is 0 Å². The van der Waals surface area contributed by atoms with E-state index >= 15 is 0 Å². The van der Waals surface area contributed by atoms with Crippen molar-refractivity contribution in [2.75, 3.05) is 6.54 Å². The van der Waals surface area contributed by atoms with Crippen molar-refractivity contribution in [3.63, 3.8) is 0 Å². The fourth-order valence-corrected chi connectivity index (χ4v) is 3.83. The van der Waals surface area contributed by atoms with Gasteiger partial charge in [-0.05, 0) is 47.3 Å². The number of nitrogens with one attached hydrogen (secondary N) is 1. The van der Waals surface area contributed by atoms with Gasteiger partial charge in [0.2, 0.25) is 0 Å². The van der Waals surface area contributed by atoms with E-state index in [4.69, 9.17) is 0 Å². The van der Waals surface area contributed by atoms with Gasteiger partial charge in [0.25, 0.3) is 0 Å². The second kappa shape index (κ2) is 6.77. The molecule has 0 aromatic carbocycles. The molecule has 90 valence electrons. The zero-order chi connectivity index (χ0) is 11.2. The van der Waals surface area contributed by atoms with E-state index in [1.165, 1.54) is 54.4 Å². The second-order valence-electron chi connectivity index (χ2n) is 4.72. The largest absolute Gasteiger partial charge is 0.312 e. The topological polar surface area (TPSA) is 12.0 Å². The molecule has 0 atom stereocenters. The summed E-state index contributed by atoms with van der Waals surface area (Å²) < 4.78 is 1.21. The predicted molar refractivity (Wildman–Crippen MR) is 74.9 cm³/mol. The maximum Gasteiger partial charge on any atom is 0.0300 e. The standard InChI is InChI=1S/C13H20BrNS/c14-12-7-13(16-10-12)9-15-8-11-5-3-1-2-4-6-11/h7,10-11,15H,1-6,8-9H2. The van der Waals surface area contributed by atoms with E-state index in [1.807, 2.05) is 11.3 Å². The fraction of sp³-hybridized carbons (Fsp3) is 0.692. The van der Waals surface area contributed by atoms with Crippen LogP contribution in [0.2, 0.25) is 0 Å². The molecule has 1 aromatic rings. The molecule has 1 aromatic heterocycles. The fourth-order valence-electron chi connectivity index (χ4n) is 2.41. The molecule has 1 heterocycles. The van der Waals surface area contributed by atoms with Crippen LogP contribution in [0, 0.1) is 5.92 Å². The summed E-state index contributed by atoms with van der Waals surface area (Å²) in [5.74, 6) is 0.922. The Kier molecular flexibility index (Phi) is 5.33. The minimum atomic E-state index is 0.922. The highest BCUT2D eigenvalue weighted by Gasteiger charge is 2.11. The first kappa shape index (κ1) is 12.6. The average Bonchev–Trinajstić information content (AvgIpc) is 2.54. The Morgan fingerprint density at radius 1 is 1.25 bits per heavy atom. The van der Waals surface area contributed by atoms with Gasteiger partial charge in [-0.1, -0.05) is 25.7 Å². The zero-order valence-electron chi connectivity index (χ0n) is 9.68. The molecule has 0 aliphatic heterocycles. The quantitative estimate of drug-likeness (QED) is 0.803. The minimum absolute atomic E-state index is 0.922. The van der Waals surface area contributed by atoms with Gasteiger partial charge in [0, 0.05) is 21.3 Å². The Morgan fingerprint density at radius 2 is 2.00 bits per heavy atom. The van der Waals surface area contributed by atoms with E-state index in [1.54, 1.807) is 0 Å². The van der Waals surface area contributed by atoms with E-state index in [2.05, 4.69) is 32.7 Å².